The van der Waals surface area contributed by atoms with Crippen molar-refractivity contribution in [1.29, 1.82) is 0 Å². The molecular formula is C23H28N2O3. The van der Waals surface area contributed by atoms with E-state index in [-0.39, 0.29) is 11.9 Å². The molecule has 0 amide bonds. The van der Waals surface area contributed by atoms with Crippen LogP contribution >= 0.6 is 0 Å². The quantitative estimate of drug-likeness (QED) is 0.707. The van der Waals surface area contributed by atoms with Gasteiger partial charge in [-0.15, -0.1) is 6.58 Å². The van der Waals surface area contributed by atoms with Crippen LogP contribution in [0.15, 0.2) is 54.2 Å². The van der Waals surface area contributed by atoms with Gasteiger partial charge in [-0.05, 0) is 43.5 Å². The molecule has 1 fully saturated rings. The summed E-state index contributed by atoms with van der Waals surface area (Å²) in [4.78, 5) is 18.2. The minimum Gasteiger partial charge on any atom is -0.493 e. The topological polar surface area (TPSA) is 52.8 Å². The lowest BCUT2D eigenvalue weighted by molar-refractivity contribution is 0.0954. The van der Waals surface area contributed by atoms with Crippen LogP contribution in [-0.4, -0.2) is 30.7 Å². The lowest BCUT2D eigenvalue weighted by atomic mass is 9.96. The molecule has 0 aliphatic heterocycles. The summed E-state index contributed by atoms with van der Waals surface area (Å²) in [7, 11) is 3.17. The first-order valence-corrected chi connectivity index (χ1v) is 9.80. The summed E-state index contributed by atoms with van der Waals surface area (Å²) in [5.74, 6) is 1.03. The molecule has 28 heavy (non-hydrogen) atoms. The summed E-state index contributed by atoms with van der Waals surface area (Å²) in [6.07, 6.45) is 9.99. The maximum Gasteiger partial charge on any atom is 0.263 e. The molecule has 0 unspecified atom stereocenters. The first-order chi connectivity index (χ1) is 13.7. The van der Waals surface area contributed by atoms with Gasteiger partial charge in [0, 0.05) is 17.3 Å². The number of hydrogen-bond acceptors (Lipinski definition) is 4. The average Bonchev–Trinajstić information content (AvgIpc) is 2.74. The maximum atomic E-state index is 13.3. The number of allylic oxidation sites excluding steroid dienone is 1. The molecule has 0 saturated heterocycles. The summed E-state index contributed by atoms with van der Waals surface area (Å²) in [5, 5.41) is 0. The Bertz CT molecular complexity index is 908. The second-order valence-electron chi connectivity index (χ2n) is 7.02. The highest BCUT2D eigenvalue weighted by Gasteiger charge is 2.18. The SMILES string of the molecule is C=CCc1cc(C(=O)n2ccccc2=NC2CCCCC2)cc(OC)c1OC. The fourth-order valence-corrected chi connectivity index (χ4v) is 3.72. The Labute approximate surface area is 166 Å². The largest absolute Gasteiger partial charge is 0.493 e. The summed E-state index contributed by atoms with van der Waals surface area (Å²) in [5.41, 5.74) is 2.09. The zero-order valence-electron chi connectivity index (χ0n) is 16.7. The molecule has 0 spiro atoms. The monoisotopic (exact) mass is 380 g/mol. The van der Waals surface area contributed by atoms with E-state index in [0.29, 0.717) is 29.0 Å². The van der Waals surface area contributed by atoms with Crippen molar-refractivity contribution in [3.05, 3.63) is 65.8 Å². The Morgan fingerprint density at radius 2 is 2.00 bits per heavy atom. The van der Waals surface area contributed by atoms with Crippen molar-refractivity contribution in [2.75, 3.05) is 14.2 Å². The number of methoxy groups -OCH3 is 2. The van der Waals surface area contributed by atoms with Gasteiger partial charge in [0.25, 0.3) is 5.91 Å². The molecule has 0 N–H and O–H groups in total. The van der Waals surface area contributed by atoms with Crippen LogP contribution in [0.2, 0.25) is 0 Å². The van der Waals surface area contributed by atoms with E-state index < -0.39 is 0 Å². The fraction of sp³-hybridized carbons (Fsp3) is 0.391. The molecule has 3 rings (SSSR count). The highest BCUT2D eigenvalue weighted by molar-refractivity contribution is 5.96. The number of carbonyl (C=O) groups excluding carboxylic acids is 1. The van der Waals surface area contributed by atoms with Gasteiger partial charge in [0.05, 0.1) is 20.3 Å². The van der Waals surface area contributed by atoms with E-state index >= 15 is 0 Å². The summed E-state index contributed by atoms with van der Waals surface area (Å²) >= 11 is 0. The molecule has 1 heterocycles. The molecule has 1 saturated carbocycles. The van der Waals surface area contributed by atoms with Crippen molar-refractivity contribution in [2.45, 2.75) is 44.6 Å². The van der Waals surface area contributed by atoms with E-state index in [4.69, 9.17) is 14.5 Å². The van der Waals surface area contributed by atoms with E-state index in [0.717, 1.165) is 18.4 Å². The second-order valence-corrected chi connectivity index (χ2v) is 7.02. The minimum atomic E-state index is -0.138. The van der Waals surface area contributed by atoms with Crippen molar-refractivity contribution in [3.63, 3.8) is 0 Å². The van der Waals surface area contributed by atoms with Crippen LogP contribution in [0.1, 0.15) is 48.0 Å². The molecule has 148 valence electrons. The number of rotatable bonds is 6. The van der Waals surface area contributed by atoms with Crippen molar-refractivity contribution in [1.82, 2.24) is 4.57 Å². The fourth-order valence-electron chi connectivity index (χ4n) is 3.72. The van der Waals surface area contributed by atoms with Crippen LogP contribution in [0.5, 0.6) is 11.5 Å². The van der Waals surface area contributed by atoms with E-state index in [1.54, 1.807) is 37.1 Å². The number of carbonyl (C=O) groups is 1. The first-order valence-electron chi connectivity index (χ1n) is 9.80. The molecule has 5 heteroatoms. The van der Waals surface area contributed by atoms with Gasteiger partial charge in [-0.3, -0.25) is 14.4 Å². The number of nitrogens with zero attached hydrogens (tertiary/aromatic N) is 2. The van der Waals surface area contributed by atoms with Gasteiger partial charge in [-0.1, -0.05) is 31.4 Å². The normalized spacial score (nSPS) is 15.3. The molecule has 0 radical (unpaired) electrons. The number of aromatic nitrogens is 1. The number of hydrogen-bond donors (Lipinski definition) is 0. The van der Waals surface area contributed by atoms with Crippen molar-refractivity contribution >= 4 is 5.91 Å². The van der Waals surface area contributed by atoms with Crippen LogP contribution < -0.4 is 15.0 Å². The number of ether oxygens (including phenoxy) is 2. The van der Waals surface area contributed by atoms with Gasteiger partial charge in [-0.2, -0.15) is 0 Å². The average molecular weight is 380 g/mol. The van der Waals surface area contributed by atoms with Gasteiger partial charge in [0.2, 0.25) is 0 Å². The third-order valence-electron chi connectivity index (χ3n) is 5.11. The molecule has 5 nitrogen and oxygen atoms in total. The Balaban J connectivity index is 2.04. The third kappa shape index (κ3) is 4.35. The zero-order chi connectivity index (χ0) is 19.9. The Morgan fingerprint density at radius 3 is 2.68 bits per heavy atom. The van der Waals surface area contributed by atoms with Gasteiger partial charge in [0.1, 0.15) is 5.49 Å². The standard InChI is InChI=1S/C23H28N2O3/c1-4-10-17-15-18(16-20(27-2)22(17)28-3)23(26)25-14-9-8-13-21(25)24-19-11-6-5-7-12-19/h4,8-9,13-16,19H,1,5-7,10-12H2,2-3H3. The van der Waals surface area contributed by atoms with E-state index in [1.807, 2.05) is 24.3 Å². The zero-order valence-corrected chi connectivity index (χ0v) is 16.7. The highest BCUT2D eigenvalue weighted by atomic mass is 16.5. The minimum absolute atomic E-state index is 0.138. The third-order valence-corrected chi connectivity index (χ3v) is 5.11. The predicted octanol–water partition coefficient (Wildman–Crippen LogP) is 4.16. The lowest BCUT2D eigenvalue weighted by Crippen LogP contribution is -2.29. The van der Waals surface area contributed by atoms with Crippen molar-refractivity contribution in [2.24, 2.45) is 4.99 Å². The molecule has 2 aromatic rings. The van der Waals surface area contributed by atoms with Crippen LogP contribution in [0.4, 0.5) is 0 Å². The van der Waals surface area contributed by atoms with Crippen LogP contribution in [0.25, 0.3) is 0 Å². The van der Waals surface area contributed by atoms with Gasteiger partial charge in [-0.25, -0.2) is 0 Å². The van der Waals surface area contributed by atoms with Gasteiger partial charge in [0.15, 0.2) is 11.5 Å². The van der Waals surface area contributed by atoms with Crippen LogP contribution in [0, 0.1) is 0 Å². The molecule has 1 aromatic carbocycles. The summed E-state index contributed by atoms with van der Waals surface area (Å²) in [6.45, 7) is 3.80. The Hall–Kier alpha value is -2.82. The summed E-state index contributed by atoms with van der Waals surface area (Å²) in [6, 6.07) is 9.52. The van der Waals surface area contributed by atoms with Crippen molar-refractivity contribution < 1.29 is 14.3 Å². The lowest BCUT2D eigenvalue weighted by Gasteiger charge is -2.18. The predicted molar refractivity (Wildman–Crippen MR) is 110 cm³/mol. The molecule has 0 bridgehead atoms. The van der Waals surface area contributed by atoms with Crippen molar-refractivity contribution in [3.8, 4) is 11.5 Å². The first kappa shape index (κ1) is 19.9. The Morgan fingerprint density at radius 1 is 1.21 bits per heavy atom. The molecule has 1 aliphatic carbocycles. The van der Waals surface area contributed by atoms with Crippen LogP contribution in [-0.2, 0) is 6.42 Å². The highest BCUT2D eigenvalue weighted by Crippen LogP contribution is 2.33. The summed E-state index contributed by atoms with van der Waals surface area (Å²) < 4.78 is 12.6. The van der Waals surface area contributed by atoms with E-state index in [2.05, 4.69) is 6.58 Å². The molecule has 0 atom stereocenters. The number of pyridine rings is 1. The molecule has 1 aliphatic rings. The maximum absolute atomic E-state index is 13.3. The van der Waals surface area contributed by atoms with E-state index in [1.165, 1.54) is 19.3 Å². The molecule has 1 aromatic heterocycles. The van der Waals surface area contributed by atoms with E-state index in [9.17, 15) is 4.79 Å². The second kappa shape index (κ2) is 9.40. The van der Waals surface area contributed by atoms with Gasteiger partial charge < -0.3 is 9.47 Å². The molecular weight excluding hydrogens is 352 g/mol. The van der Waals surface area contributed by atoms with Gasteiger partial charge >= 0.3 is 0 Å². The van der Waals surface area contributed by atoms with Crippen LogP contribution in [0.3, 0.4) is 0 Å². The Kier molecular flexibility index (Phi) is 6.69. The number of benzene rings is 1. The smallest absolute Gasteiger partial charge is 0.263 e.